The SMILES string of the molecule is CS(=O)(=O)c1ccc(Cc2c(Cl)nc3ccc(C(O)(c4cccnc4)c4cccc(Cl)c4)cc3c2Cl)cc1. The second kappa shape index (κ2) is 10.3. The molecule has 0 radical (unpaired) electrons. The summed E-state index contributed by atoms with van der Waals surface area (Å²) in [4.78, 5) is 8.99. The molecule has 9 heteroatoms. The maximum Gasteiger partial charge on any atom is 0.175 e. The third-order valence-corrected chi connectivity index (χ3v) is 8.55. The molecule has 0 bridgehead atoms. The van der Waals surface area contributed by atoms with Gasteiger partial charge in [0.15, 0.2) is 9.84 Å². The lowest BCUT2D eigenvalue weighted by atomic mass is 9.80. The van der Waals surface area contributed by atoms with E-state index in [1.165, 1.54) is 0 Å². The quantitative estimate of drug-likeness (QED) is 0.221. The van der Waals surface area contributed by atoms with Gasteiger partial charge in [-0.15, -0.1) is 0 Å². The van der Waals surface area contributed by atoms with Crippen molar-refractivity contribution < 1.29 is 13.5 Å². The van der Waals surface area contributed by atoms with E-state index in [1.54, 1.807) is 91.3 Å². The van der Waals surface area contributed by atoms with E-state index in [1.807, 2.05) is 0 Å². The Morgan fingerprint density at radius 1 is 0.868 bits per heavy atom. The summed E-state index contributed by atoms with van der Waals surface area (Å²) in [5.74, 6) is 0. The second-order valence-corrected chi connectivity index (χ2v) is 12.2. The Hall–Kier alpha value is -3.00. The van der Waals surface area contributed by atoms with Gasteiger partial charge in [0.05, 0.1) is 15.4 Å². The Labute approximate surface area is 235 Å². The maximum absolute atomic E-state index is 12.2. The van der Waals surface area contributed by atoms with Gasteiger partial charge in [-0.3, -0.25) is 4.98 Å². The van der Waals surface area contributed by atoms with Gasteiger partial charge in [0, 0.05) is 46.6 Å². The van der Waals surface area contributed by atoms with Crippen molar-refractivity contribution in [1.82, 2.24) is 9.97 Å². The molecule has 0 fully saturated rings. The van der Waals surface area contributed by atoms with Crippen molar-refractivity contribution in [3.63, 3.8) is 0 Å². The van der Waals surface area contributed by atoms with Gasteiger partial charge in [0.25, 0.3) is 0 Å². The smallest absolute Gasteiger partial charge is 0.175 e. The molecule has 0 aliphatic rings. The first-order chi connectivity index (χ1) is 18.1. The van der Waals surface area contributed by atoms with Gasteiger partial charge in [0.2, 0.25) is 0 Å². The minimum atomic E-state index is -3.31. The number of nitrogens with zero attached hydrogens (tertiary/aromatic N) is 2. The fraction of sp³-hybridized carbons (Fsp3) is 0.103. The van der Waals surface area contributed by atoms with Crippen LogP contribution in [0.3, 0.4) is 0 Å². The summed E-state index contributed by atoms with van der Waals surface area (Å²) in [7, 11) is -3.31. The van der Waals surface area contributed by atoms with Gasteiger partial charge < -0.3 is 5.11 Å². The molecule has 192 valence electrons. The highest BCUT2D eigenvalue weighted by molar-refractivity contribution is 7.90. The summed E-state index contributed by atoms with van der Waals surface area (Å²) in [5.41, 5.74) is 2.10. The van der Waals surface area contributed by atoms with Crippen molar-refractivity contribution in [2.75, 3.05) is 6.26 Å². The van der Waals surface area contributed by atoms with Gasteiger partial charge in [0.1, 0.15) is 10.8 Å². The molecule has 1 unspecified atom stereocenters. The van der Waals surface area contributed by atoms with E-state index in [4.69, 9.17) is 34.8 Å². The first-order valence-electron chi connectivity index (χ1n) is 11.5. The van der Waals surface area contributed by atoms with Gasteiger partial charge >= 0.3 is 0 Å². The van der Waals surface area contributed by atoms with E-state index < -0.39 is 15.4 Å². The number of fused-ring (bicyclic) bond motifs is 1. The molecule has 0 spiro atoms. The monoisotopic (exact) mass is 582 g/mol. The second-order valence-electron chi connectivity index (χ2n) is 8.98. The summed E-state index contributed by atoms with van der Waals surface area (Å²) in [6, 6.07) is 22.5. The van der Waals surface area contributed by atoms with Crippen LogP contribution in [0.2, 0.25) is 15.2 Å². The third kappa shape index (κ3) is 5.03. The average molecular weight is 584 g/mol. The largest absolute Gasteiger partial charge is 0.376 e. The number of aliphatic hydroxyl groups is 1. The Morgan fingerprint density at radius 3 is 2.24 bits per heavy atom. The standard InChI is InChI=1S/C29H21Cl3N2O3S/c1-38(36,37)23-10-7-18(8-11-23)14-25-27(31)24-16-20(9-12-26(24)34-28(25)32)29(35,21-5-3-13-33-17-21)19-4-2-6-22(30)15-19/h2-13,15-17,35H,14H2,1H3. The van der Waals surface area contributed by atoms with Crippen LogP contribution in [0, 0.1) is 0 Å². The van der Waals surface area contributed by atoms with Crippen LogP contribution in [-0.4, -0.2) is 29.7 Å². The molecule has 0 amide bonds. The molecule has 1 N–H and O–H groups in total. The van der Waals surface area contributed by atoms with Crippen LogP contribution < -0.4 is 0 Å². The molecule has 2 aromatic heterocycles. The Balaban J connectivity index is 1.64. The van der Waals surface area contributed by atoms with Crippen LogP contribution in [0.1, 0.15) is 27.8 Å². The number of halogens is 3. The lowest BCUT2D eigenvalue weighted by Crippen LogP contribution is -2.29. The van der Waals surface area contributed by atoms with Crippen molar-refractivity contribution in [2.24, 2.45) is 0 Å². The highest BCUT2D eigenvalue weighted by atomic mass is 35.5. The van der Waals surface area contributed by atoms with Crippen molar-refractivity contribution in [1.29, 1.82) is 0 Å². The molecular weight excluding hydrogens is 563 g/mol. The Bertz CT molecular complexity index is 1760. The summed E-state index contributed by atoms with van der Waals surface area (Å²) in [5, 5.41) is 14.0. The fourth-order valence-corrected chi connectivity index (χ4v) is 5.89. The van der Waals surface area contributed by atoms with E-state index in [0.717, 1.165) is 11.8 Å². The molecule has 2 heterocycles. The van der Waals surface area contributed by atoms with Gasteiger partial charge in [-0.1, -0.05) is 71.2 Å². The normalized spacial score (nSPS) is 13.4. The number of hydrogen-bond acceptors (Lipinski definition) is 5. The van der Waals surface area contributed by atoms with Crippen LogP contribution >= 0.6 is 34.8 Å². The molecule has 0 aliphatic carbocycles. The minimum absolute atomic E-state index is 0.232. The first kappa shape index (κ1) is 26.6. The zero-order valence-corrected chi connectivity index (χ0v) is 23.2. The topological polar surface area (TPSA) is 80.2 Å². The van der Waals surface area contributed by atoms with Crippen LogP contribution in [0.5, 0.6) is 0 Å². The molecule has 5 aromatic rings. The summed E-state index contributed by atoms with van der Waals surface area (Å²) in [6.45, 7) is 0. The zero-order valence-electron chi connectivity index (χ0n) is 20.1. The van der Waals surface area contributed by atoms with E-state index in [-0.39, 0.29) is 10.0 Å². The average Bonchev–Trinajstić information content (AvgIpc) is 2.90. The zero-order chi connectivity index (χ0) is 27.1. The van der Waals surface area contributed by atoms with Gasteiger partial charge in [-0.05, 0) is 59.2 Å². The highest BCUT2D eigenvalue weighted by Crippen LogP contribution is 2.40. The molecule has 5 rings (SSSR count). The van der Waals surface area contributed by atoms with Crippen molar-refractivity contribution in [3.05, 3.63) is 134 Å². The molecule has 3 aromatic carbocycles. The van der Waals surface area contributed by atoms with E-state index in [0.29, 0.717) is 49.6 Å². The number of sulfone groups is 1. The van der Waals surface area contributed by atoms with E-state index in [9.17, 15) is 13.5 Å². The van der Waals surface area contributed by atoms with Gasteiger partial charge in [-0.2, -0.15) is 0 Å². The van der Waals surface area contributed by atoms with E-state index in [2.05, 4.69) is 9.97 Å². The lowest BCUT2D eigenvalue weighted by Gasteiger charge is -2.30. The molecule has 0 aliphatic heterocycles. The minimum Gasteiger partial charge on any atom is -0.376 e. The van der Waals surface area contributed by atoms with Crippen molar-refractivity contribution >= 4 is 55.5 Å². The number of aromatic nitrogens is 2. The molecule has 1 atom stereocenters. The molecule has 5 nitrogen and oxygen atoms in total. The number of pyridine rings is 2. The molecule has 0 saturated heterocycles. The highest BCUT2D eigenvalue weighted by Gasteiger charge is 2.35. The maximum atomic E-state index is 12.2. The lowest BCUT2D eigenvalue weighted by molar-refractivity contribution is 0.125. The van der Waals surface area contributed by atoms with Gasteiger partial charge in [-0.25, -0.2) is 13.4 Å². The molecular formula is C29H21Cl3N2O3S. The van der Waals surface area contributed by atoms with Crippen LogP contribution in [0.15, 0.2) is 96.2 Å². The predicted octanol–water partition coefficient (Wildman–Crippen LogP) is 6.87. The van der Waals surface area contributed by atoms with Crippen LogP contribution in [0.4, 0.5) is 0 Å². The number of rotatable bonds is 6. The Morgan fingerprint density at radius 2 is 1.58 bits per heavy atom. The predicted molar refractivity (Wildman–Crippen MR) is 152 cm³/mol. The summed E-state index contributed by atoms with van der Waals surface area (Å²) >= 11 is 19.7. The number of benzene rings is 3. The van der Waals surface area contributed by atoms with Crippen molar-refractivity contribution in [2.45, 2.75) is 16.9 Å². The Kier molecular flexibility index (Phi) is 7.20. The molecule has 38 heavy (non-hydrogen) atoms. The summed E-state index contributed by atoms with van der Waals surface area (Å²) < 4.78 is 23.6. The fourth-order valence-electron chi connectivity index (χ4n) is 4.46. The summed E-state index contributed by atoms with van der Waals surface area (Å²) in [6.07, 6.45) is 4.75. The van der Waals surface area contributed by atoms with Crippen LogP contribution in [-0.2, 0) is 21.9 Å². The van der Waals surface area contributed by atoms with E-state index >= 15 is 0 Å². The molecule has 0 saturated carbocycles. The number of hydrogen-bond donors (Lipinski definition) is 1. The van der Waals surface area contributed by atoms with Crippen LogP contribution in [0.25, 0.3) is 10.9 Å². The first-order valence-corrected chi connectivity index (χ1v) is 14.6. The third-order valence-electron chi connectivity index (χ3n) is 6.44. The van der Waals surface area contributed by atoms with Crippen molar-refractivity contribution in [3.8, 4) is 0 Å².